The molecule has 1 aliphatic rings. The zero-order valence-electron chi connectivity index (χ0n) is 11.0. The van der Waals surface area contributed by atoms with Crippen molar-refractivity contribution in [1.29, 1.82) is 0 Å². The van der Waals surface area contributed by atoms with Gasteiger partial charge in [-0.1, -0.05) is 18.2 Å². The standard InChI is InChI=1S/C14H21N3O2/c15-13-6-2-1-4-11(13)8-17(10-14(16)18)9-12-5-3-7-19-12/h1-2,4,6,12H,3,5,7-10,15H2,(H2,16,18). The van der Waals surface area contributed by atoms with E-state index < -0.39 is 0 Å². The molecule has 19 heavy (non-hydrogen) atoms. The lowest BCUT2D eigenvalue weighted by molar-refractivity contribution is -0.119. The minimum Gasteiger partial charge on any atom is -0.398 e. The smallest absolute Gasteiger partial charge is 0.231 e. The number of amides is 1. The summed E-state index contributed by atoms with van der Waals surface area (Å²) < 4.78 is 5.61. The fourth-order valence-electron chi connectivity index (χ4n) is 2.40. The van der Waals surface area contributed by atoms with E-state index in [1.54, 1.807) is 0 Å². The summed E-state index contributed by atoms with van der Waals surface area (Å²) in [6.07, 6.45) is 2.33. The Morgan fingerprint density at radius 2 is 2.21 bits per heavy atom. The highest BCUT2D eigenvalue weighted by Gasteiger charge is 2.20. The van der Waals surface area contributed by atoms with E-state index in [9.17, 15) is 4.79 Å². The van der Waals surface area contributed by atoms with E-state index in [0.29, 0.717) is 6.54 Å². The number of nitrogens with two attached hydrogens (primary N) is 2. The van der Waals surface area contributed by atoms with Crippen LogP contribution in [0.2, 0.25) is 0 Å². The lowest BCUT2D eigenvalue weighted by Gasteiger charge is -2.24. The fourth-order valence-corrected chi connectivity index (χ4v) is 2.40. The third-order valence-electron chi connectivity index (χ3n) is 3.31. The van der Waals surface area contributed by atoms with Crippen molar-refractivity contribution in [1.82, 2.24) is 4.90 Å². The van der Waals surface area contributed by atoms with Crippen LogP contribution in [0.3, 0.4) is 0 Å². The first-order chi connectivity index (χ1) is 9.15. The van der Waals surface area contributed by atoms with Crippen LogP contribution < -0.4 is 11.5 Å². The molecule has 0 saturated carbocycles. The molecule has 5 heteroatoms. The quantitative estimate of drug-likeness (QED) is 0.742. The summed E-state index contributed by atoms with van der Waals surface area (Å²) in [5.41, 5.74) is 13.0. The number of primary amides is 1. The molecular weight excluding hydrogens is 242 g/mol. The summed E-state index contributed by atoms with van der Waals surface area (Å²) in [5, 5.41) is 0. The number of ether oxygens (including phenoxy) is 1. The highest BCUT2D eigenvalue weighted by molar-refractivity contribution is 5.75. The van der Waals surface area contributed by atoms with Crippen LogP contribution in [-0.2, 0) is 16.1 Å². The average molecular weight is 263 g/mol. The van der Waals surface area contributed by atoms with Gasteiger partial charge in [-0.15, -0.1) is 0 Å². The normalized spacial score (nSPS) is 18.9. The molecule has 1 atom stereocenters. The largest absolute Gasteiger partial charge is 0.398 e. The Labute approximate surface area is 113 Å². The number of carbonyl (C=O) groups is 1. The number of anilines is 1. The Morgan fingerprint density at radius 3 is 2.84 bits per heavy atom. The van der Waals surface area contributed by atoms with Gasteiger partial charge in [0.25, 0.3) is 0 Å². The third-order valence-corrected chi connectivity index (χ3v) is 3.31. The van der Waals surface area contributed by atoms with Crippen LogP contribution in [0, 0.1) is 0 Å². The van der Waals surface area contributed by atoms with Crippen LogP contribution in [0.5, 0.6) is 0 Å². The number of nitrogens with zero attached hydrogens (tertiary/aromatic N) is 1. The molecule has 1 heterocycles. The van der Waals surface area contributed by atoms with Crippen LogP contribution in [0.15, 0.2) is 24.3 Å². The molecule has 0 bridgehead atoms. The topological polar surface area (TPSA) is 81.6 Å². The van der Waals surface area contributed by atoms with Crippen LogP contribution in [0.4, 0.5) is 5.69 Å². The zero-order valence-corrected chi connectivity index (χ0v) is 11.0. The molecule has 0 radical (unpaired) electrons. The van der Waals surface area contributed by atoms with Crippen molar-refractivity contribution in [3.05, 3.63) is 29.8 Å². The molecule has 1 fully saturated rings. The number of para-hydroxylation sites is 1. The molecule has 1 aromatic rings. The van der Waals surface area contributed by atoms with Gasteiger partial charge in [0, 0.05) is 25.4 Å². The molecule has 0 spiro atoms. The molecule has 5 nitrogen and oxygen atoms in total. The number of carbonyl (C=O) groups excluding carboxylic acids is 1. The van der Waals surface area contributed by atoms with E-state index in [0.717, 1.165) is 37.2 Å². The SMILES string of the molecule is NC(=O)CN(Cc1ccccc1N)CC1CCCO1. The molecule has 1 unspecified atom stereocenters. The maximum atomic E-state index is 11.2. The average Bonchev–Trinajstić information content (AvgIpc) is 2.84. The van der Waals surface area contributed by atoms with Crippen molar-refractivity contribution < 1.29 is 9.53 Å². The Balaban J connectivity index is 2.00. The van der Waals surface area contributed by atoms with Gasteiger partial charge >= 0.3 is 0 Å². The fraction of sp³-hybridized carbons (Fsp3) is 0.500. The Kier molecular flexibility index (Phi) is 4.76. The summed E-state index contributed by atoms with van der Waals surface area (Å²) in [6, 6.07) is 7.68. The van der Waals surface area contributed by atoms with Gasteiger partial charge in [0.2, 0.25) is 5.91 Å². The number of hydrogen-bond donors (Lipinski definition) is 2. The van der Waals surface area contributed by atoms with E-state index >= 15 is 0 Å². The Morgan fingerprint density at radius 1 is 1.42 bits per heavy atom. The Hall–Kier alpha value is -1.59. The molecule has 0 aromatic heterocycles. The minimum absolute atomic E-state index is 0.198. The molecule has 0 aliphatic carbocycles. The molecule has 4 N–H and O–H groups in total. The van der Waals surface area contributed by atoms with Gasteiger partial charge in [0.15, 0.2) is 0 Å². The molecule has 1 aliphatic heterocycles. The van der Waals surface area contributed by atoms with Crippen molar-refractivity contribution in [2.45, 2.75) is 25.5 Å². The lowest BCUT2D eigenvalue weighted by atomic mass is 10.1. The van der Waals surface area contributed by atoms with Crippen LogP contribution in [0.1, 0.15) is 18.4 Å². The van der Waals surface area contributed by atoms with Gasteiger partial charge in [0.1, 0.15) is 0 Å². The number of hydrogen-bond acceptors (Lipinski definition) is 4. The highest BCUT2D eigenvalue weighted by Crippen LogP contribution is 2.17. The van der Waals surface area contributed by atoms with Crippen molar-refractivity contribution in [3.8, 4) is 0 Å². The van der Waals surface area contributed by atoms with Gasteiger partial charge < -0.3 is 16.2 Å². The second-order valence-corrected chi connectivity index (χ2v) is 4.97. The summed E-state index contributed by atoms with van der Waals surface area (Å²) in [4.78, 5) is 13.2. The maximum Gasteiger partial charge on any atom is 0.231 e. The molecule has 104 valence electrons. The van der Waals surface area contributed by atoms with Crippen LogP contribution in [0.25, 0.3) is 0 Å². The van der Waals surface area contributed by atoms with Crippen molar-refractivity contribution in [3.63, 3.8) is 0 Å². The summed E-state index contributed by atoms with van der Waals surface area (Å²) in [6.45, 7) is 2.38. The molecule has 1 amide bonds. The molecule has 2 rings (SSSR count). The summed E-state index contributed by atoms with van der Waals surface area (Å²) >= 11 is 0. The van der Waals surface area contributed by atoms with Crippen LogP contribution >= 0.6 is 0 Å². The molecule has 1 saturated heterocycles. The van der Waals surface area contributed by atoms with Gasteiger partial charge in [-0.05, 0) is 24.5 Å². The van der Waals surface area contributed by atoms with Gasteiger partial charge in [0.05, 0.1) is 12.6 Å². The monoisotopic (exact) mass is 263 g/mol. The Bertz CT molecular complexity index is 430. The van der Waals surface area contributed by atoms with Gasteiger partial charge in [-0.25, -0.2) is 0 Å². The summed E-state index contributed by atoms with van der Waals surface area (Å²) in [5.74, 6) is -0.326. The van der Waals surface area contributed by atoms with E-state index in [1.807, 2.05) is 29.2 Å². The van der Waals surface area contributed by atoms with Crippen molar-refractivity contribution >= 4 is 11.6 Å². The molecular formula is C14H21N3O2. The zero-order chi connectivity index (χ0) is 13.7. The highest BCUT2D eigenvalue weighted by atomic mass is 16.5. The van der Waals surface area contributed by atoms with Gasteiger partial charge in [-0.2, -0.15) is 0 Å². The van der Waals surface area contributed by atoms with E-state index in [2.05, 4.69) is 0 Å². The minimum atomic E-state index is -0.326. The third kappa shape index (κ3) is 4.22. The second-order valence-electron chi connectivity index (χ2n) is 4.97. The second kappa shape index (κ2) is 6.54. The van der Waals surface area contributed by atoms with Crippen molar-refractivity contribution in [2.24, 2.45) is 5.73 Å². The predicted octanol–water partition coefficient (Wildman–Crippen LogP) is 0.735. The maximum absolute atomic E-state index is 11.2. The van der Waals surface area contributed by atoms with E-state index in [4.69, 9.17) is 16.2 Å². The number of benzene rings is 1. The van der Waals surface area contributed by atoms with Gasteiger partial charge in [-0.3, -0.25) is 9.69 Å². The number of rotatable bonds is 6. The van der Waals surface area contributed by atoms with E-state index in [1.165, 1.54) is 0 Å². The first-order valence-electron chi connectivity index (χ1n) is 6.61. The lowest BCUT2D eigenvalue weighted by Crippen LogP contribution is -2.38. The first-order valence-corrected chi connectivity index (χ1v) is 6.61. The molecule has 1 aromatic carbocycles. The van der Waals surface area contributed by atoms with Crippen LogP contribution in [-0.4, -0.2) is 36.6 Å². The first kappa shape index (κ1) is 13.8. The van der Waals surface area contributed by atoms with Crippen molar-refractivity contribution in [2.75, 3.05) is 25.4 Å². The summed E-state index contributed by atoms with van der Waals surface area (Å²) in [7, 11) is 0. The predicted molar refractivity (Wildman–Crippen MR) is 74.3 cm³/mol. The van der Waals surface area contributed by atoms with E-state index in [-0.39, 0.29) is 18.6 Å². The number of nitrogen functional groups attached to an aromatic ring is 1.